The quantitative estimate of drug-likeness (QED) is 0.115. The minimum atomic E-state index is -1.16. The lowest BCUT2D eigenvalue weighted by atomic mass is 9.78. The second-order valence-electron chi connectivity index (χ2n) is 15.2. The van der Waals surface area contributed by atoms with Crippen molar-refractivity contribution in [1.82, 2.24) is 20.7 Å². The highest BCUT2D eigenvalue weighted by Gasteiger charge is 2.46. The molecular formula is C40H51ClN4O6S. The van der Waals surface area contributed by atoms with Crippen molar-refractivity contribution >= 4 is 53.1 Å². The van der Waals surface area contributed by atoms with Gasteiger partial charge in [-0.1, -0.05) is 105 Å². The van der Waals surface area contributed by atoms with E-state index in [1.807, 2.05) is 48.5 Å². The number of hydrogen-bond acceptors (Lipinski definition) is 7. The van der Waals surface area contributed by atoms with Crippen molar-refractivity contribution in [2.24, 2.45) is 11.8 Å². The topological polar surface area (TPSA) is 143 Å². The predicted octanol–water partition coefficient (Wildman–Crippen LogP) is 6.90. The van der Waals surface area contributed by atoms with Crippen LogP contribution >= 0.6 is 23.5 Å². The molecule has 4 atom stereocenters. The number of benzene rings is 2. The van der Waals surface area contributed by atoms with Gasteiger partial charge in [-0.05, 0) is 86.1 Å². The summed E-state index contributed by atoms with van der Waals surface area (Å²) in [6.07, 6.45) is 12.1. The number of carbonyl (C=O) groups excluding carboxylic acids is 5. The monoisotopic (exact) mass is 750 g/mol. The maximum atomic E-state index is 14.1. The molecule has 2 aromatic rings. The largest absolute Gasteiger partial charge is 0.440 e. The number of halogens is 1. The fourth-order valence-corrected chi connectivity index (χ4v) is 9.17. The van der Waals surface area contributed by atoms with Gasteiger partial charge in [0, 0.05) is 28.9 Å². The Morgan fingerprint density at radius 1 is 0.904 bits per heavy atom. The first kappa shape index (κ1) is 38.2. The van der Waals surface area contributed by atoms with E-state index in [1.54, 1.807) is 6.07 Å². The summed E-state index contributed by atoms with van der Waals surface area (Å²) in [5.41, 5.74) is 1.45. The predicted molar refractivity (Wildman–Crippen MR) is 201 cm³/mol. The molecule has 4 fully saturated rings. The van der Waals surface area contributed by atoms with Gasteiger partial charge in [0.05, 0.1) is 6.04 Å². The van der Waals surface area contributed by atoms with Crippen LogP contribution in [0.2, 0.25) is 5.02 Å². The molecule has 12 heteroatoms. The van der Waals surface area contributed by atoms with Gasteiger partial charge in [-0.2, -0.15) is 0 Å². The number of rotatable bonds is 15. The third kappa shape index (κ3) is 10.7. The molecule has 1 heterocycles. The number of carbonyl (C=O) groups is 5. The molecular weight excluding hydrogens is 700 g/mol. The number of Topliss-reactive ketones (excluding diaryl/α,β-unsaturated/α-hetero) is 1. The Bertz CT molecular complexity index is 1580. The Labute approximate surface area is 315 Å². The maximum absolute atomic E-state index is 14.1. The van der Waals surface area contributed by atoms with E-state index in [0.717, 1.165) is 100 Å². The summed E-state index contributed by atoms with van der Waals surface area (Å²) in [7, 11) is 0. The molecule has 10 nitrogen and oxygen atoms in total. The summed E-state index contributed by atoms with van der Waals surface area (Å²) in [5.74, 6) is -2.26. The van der Waals surface area contributed by atoms with Crippen molar-refractivity contribution in [1.29, 1.82) is 0 Å². The first-order valence-electron chi connectivity index (χ1n) is 19.1. The normalized spacial score (nSPS) is 21.7. The number of nitrogens with one attached hydrogen (secondary N) is 4. The average Bonchev–Trinajstić information content (AvgIpc) is 3.92. The molecule has 1 saturated heterocycles. The van der Waals surface area contributed by atoms with Crippen LogP contribution in [0, 0.1) is 11.8 Å². The molecule has 4 N–H and O–H groups in total. The van der Waals surface area contributed by atoms with Gasteiger partial charge in [-0.25, -0.2) is 4.79 Å². The van der Waals surface area contributed by atoms with Crippen LogP contribution in [0.3, 0.4) is 0 Å². The third-order valence-electron chi connectivity index (χ3n) is 11.1. The first-order valence-corrected chi connectivity index (χ1v) is 20.3. The molecule has 1 aliphatic heterocycles. The Hall–Kier alpha value is -3.57. The van der Waals surface area contributed by atoms with E-state index in [4.69, 9.17) is 16.3 Å². The second-order valence-corrected chi connectivity index (χ2v) is 16.7. The van der Waals surface area contributed by atoms with Crippen molar-refractivity contribution in [2.75, 3.05) is 0 Å². The van der Waals surface area contributed by atoms with E-state index in [9.17, 15) is 24.0 Å². The number of ketones is 1. The molecule has 0 radical (unpaired) electrons. The van der Waals surface area contributed by atoms with Gasteiger partial charge < -0.3 is 20.7 Å². The van der Waals surface area contributed by atoms with Gasteiger partial charge in [-0.3, -0.25) is 23.9 Å². The standard InChI is InChI=1S/C40H51ClN4O6S/c41-30-16-10-13-27(21-30)22-33(28-14-6-2-7-15-28)51-39(50)45-52-34(23-26-11-4-1-5-12-26)37(48)43-32(35(46)38(49)42-31-17-18-31)24-29-25-40(44-36(29)47)19-8-3-9-20-40/h2,6-7,10,13-16,21,26,29,31-34H,1,3-5,8-9,11-12,17-20,22-25H2,(H,42,49)(H,43,48)(H,44,47)(H,45,50)/t29?,32?,33?,34-/m0/s1. The molecule has 4 aliphatic rings. The average molecular weight is 751 g/mol. The summed E-state index contributed by atoms with van der Waals surface area (Å²) < 4.78 is 8.72. The van der Waals surface area contributed by atoms with E-state index >= 15 is 0 Å². The highest BCUT2D eigenvalue weighted by molar-refractivity contribution is 7.99. The lowest BCUT2D eigenvalue weighted by Gasteiger charge is -2.33. The summed E-state index contributed by atoms with van der Waals surface area (Å²) >= 11 is 7.21. The Morgan fingerprint density at radius 3 is 2.35 bits per heavy atom. The summed E-state index contributed by atoms with van der Waals surface area (Å²) in [6, 6.07) is 15.7. The molecule has 3 aliphatic carbocycles. The van der Waals surface area contributed by atoms with Crippen molar-refractivity contribution in [3.05, 3.63) is 70.7 Å². The Morgan fingerprint density at radius 2 is 1.63 bits per heavy atom. The molecule has 1 spiro atoms. The fourth-order valence-electron chi connectivity index (χ4n) is 8.13. The molecule has 3 unspecified atom stereocenters. The molecule has 0 bridgehead atoms. The summed E-state index contributed by atoms with van der Waals surface area (Å²) in [4.78, 5) is 67.5. The minimum absolute atomic E-state index is 0.0310. The van der Waals surface area contributed by atoms with Crippen molar-refractivity contribution in [2.45, 2.75) is 132 Å². The van der Waals surface area contributed by atoms with Crippen molar-refractivity contribution in [3.63, 3.8) is 0 Å². The van der Waals surface area contributed by atoms with E-state index in [0.29, 0.717) is 24.3 Å². The third-order valence-corrected chi connectivity index (χ3v) is 12.3. The van der Waals surface area contributed by atoms with Crippen LogP contribution in [-0.2, 0) is 30.3 Å². The van der Waals surface area contributed by atoms with Crippen LogP contribution in [0.15, 0.2) is 54.6 Å². The van der Waals surface area contributed by atoms with Gasteiger partial charge in [0.25, 0.3) is 5.91 Å². The lowest BCUT2D eigenvalue weighted by molar-refractivity contribution is -0.140. The van der Waals surface area contributed by atoms with Crippen LogP contribution in [-0.4, -0.2) is 52.5 Å². The van der Waals surface area contributed by atoms with Gasteiger partial charge in [0.1, 0.15) is 11.4 Å². The van der Waals surface area contributed by atoms with E-state index < -0.39 is 47.0 Å². The SMILES string of the molecule is O=C(NS[C@@H](CC1CCCCC1)C(=O)NC(CC1CC2(CCCCC2)NC1=O)C(=O)C(=O)NC1CC1)OC(Cc1cccc(Cl)c1)c1ccccc1. The molecule has 0 aromatic heterocycles. The van der Waals surface area contributed by atoms with Crippen LogP contribution in [0.4, 0.5) is 4.79 Å². The van der Waals surface area contributed by atoms with Crippen molar-refractivity contribution in [3.8, 4) is 0 Å². The highest BCUT2D eigenvalue weighted by atomic mass is 35.5. The molecule has 52 heavy (non-hydrogen) atoms. The molecule has 3 saturated carbocycles. The molecule has 280 valence electrons. The van der Waals surface area contributed by atoms with Crippen LogP contribution in [0.1, 0.15) is 114 Å². The van der Waals surface area contributed by atoms with E-state index in [2.05, 4.69) is 20.7 Å². The molecule has 4 amide bonds. The van der Waals surface area contributed by atoms with Crippen LogP contribution < -0.4 is 20.7 Å². The smallest absolute Gasteiger partial charge is 0.417 e. The Balaban J connectivity index is 1.15. The summed E-state index contributed by atoms with van der Waals surface area (Å²) in [6.45, 7) is 0. The van der Waals surface area contributed by atoms with E-state index in [1.165, 1.54) is 0 Å². The number of hydrogen-bond donors (Lipinski definition) is 4. The minimum Gasteiger partial charge on any atom is -0.440 e. The van der Waals surface area contributed by atoms with E-state index in [-0.39, 0.29) is 29.8 Å². The van der Waals surface area contributed by atoms with Gasteiger partial charge in [0.2, 0.25) is 17.6 Å². The zero-order chi connectivity index (χ0) is 36.5. The fraction of sp³-hybridized carbons (Fsp3) is 0.575. The summed E-state index contributed by atoms with van der Waals surface area (Å²) in [5, 5.41) is 8.70. The zero-order valence-electron chi connectivity index (χ0n) is 29.7. The van der Waals surface area contributed by atoms with Gasteiger partial charge >= 0.3 is 6.09 Å². The number of amides is 4. The van der Waals surface area contributed by atoms with Gasteiger partial charge in [0.15, 0.2) is 0 Å². The van der Waals surface area contributed by atoms with Crippen molar-refractivity contribution < 1.29 is 28.7 Å². The number of ether oxygens (including phenoxy) is 1. The first-order chi connectivity index (χ1) is 25.2. The molecule has 6 rings (SSSR count). The van der Waals surface area contributed by atoms with Gasteiger partial charge in [-0.15, -0.1) is 0 Å². The highest BCUT2D eigenvalue weighted by Crippen LogP contribution is 2.39. The Kier molecular flexibility index (Phi) is 13.2. The van der Waals surface area contributed by atoms with Crippen LogP contribution in [0.25, 0.3) is 0 Å². The zero-order valence-corrected chi connectivity index (χ0v) is 31.3. The maximum Gasteiger partial charge on any atom is 0.417 e. The lowest BCUT2D eigenvalue weighted by Crippen LogP contribution is -2.51. The molecule has 2 aromatic carbocycles. The van der Waals surface area contributed by atoms with Crippen LogP contribution in [0.5, 0.6) is 0 Å². The second kappa shape index (κ2) is 18.0.